The van der Waals surface area contributed by atoms with Crippen molar-refractivity contribution >= 4 is 11.8 Å². The van der Waals surface area contributed by atoms with Crippen LogP contribution in [0.3, 0.4) is 0 Å². The van der Waals surface area contributed by atoms with Crippen LogP contribution in [0.4, 0.5) is 13.2 Å². The van der Waals surface area contributed by atoms with Crippen LogP contribution >= 0.6 is 11.8 Å². The second-order valence-electron chi connectivity index (χ2n) is 5.56. The van der Waals surface area contributed by atoms with Gasteiger partial charge in [-0.1, -0.05) is 59.4 Å². The molecule has 5 nitrogen and oxygen atoms in total. The molecule has 3 aromatic rings. The quantitative estimate of drug-likeness (QED) is 0.693. The van der Waals surface area contributed by atoms with E-state index in [0.29, 0.717) is 16.1 Å². The summed E-state index contributed by atoms with van der Waals surface area (Å²) in [5.74, 6) is -0.828. The second-order valence-corrected chi connectivity index (χ2v) is 6.78. The third-order valence-corrected chi connectivity index (χ3v) is 5.24. The van der Waals surface area contributed by atoms with Gasteiger partial charge in [0, 0.05) is 10.5 Å². The Balaban J connectivity index is 1.96. The maximum Gasteiger partial charge on any atom is 0.446 e. The monoisotopic (exact) mass is 380 g/mol. The molecule has 2 heterocycles. The molecule has 0 spiro atoms. The lowest BCUT2D eigenvalue weighted by atomic mass is 10.1. The van der Waals surface area contributed by atoms with Gasteiger partial charge in [0.05, 0.1) is 5.69 Å². The molecule has 0 fully saturated rings. The van der Waals surface area contributed by atoms with Crippen LogP contribution in [0.1, 0.15) is 11.4 Å². The van der Waals surface area contributed by atoms with Crippen LogP contribution in [0, 0.1) is 0 Å². The van der Waals surface area contributed by atoms with E-state index in [2.05, 4.69) is 5.16 Å². The van der Waals surface area contributed by atoms with E-state index in [1.807, 2.05) is 0 Å². The molecule has 9 heteroatoms. The summed E-state index contributed by atoms with van der Waals surface area (Å²) < 4.78 is 50.1. The second kappa shape index (κ2) is 6.03. The lowest BCUT2D eigenvalue weighted by molar-refractivity contribution is -0.188. The zero-order valence-electron chi connectivity index (χ0n) is 13.1. The van der Waals surface area contributed by atoms with E-state index in [9.17, 15) is 18.0 Å². The minimum absolute atomic E-state index is 0.0401. The Morgan fingerprint density at radius 3 is 2.54 bits per heavy atom. The van der Waals surface area contributed by atoms with Crippen molar-refractivity contribution in [1.82, 2.24) is 9.72 Å². The van der Waals surface area contributed by atoms with Gasteiger partial charge in [-0.05, 0) is 12.1 Å². The van der Waals surface area contributed by atoms with Crippen LogP contribution in [-0.2, 0) is 9.67 Å². The first kappa shape index (κ1) is 16.9. The third kappa shape index (κ3) is 2.73. The van der Waals surface area contributed by atoms with Crippen molar-refractivity contribution in [2.24, 2.45) is 0 Å². The maximum atomic E-state index is 12.9. The van der Waals surface area contributed by atoms with Crippen molar-refractivity contribution in [1.29, 1.82) is 0 Å². The van der Waals surface area contributed by atoms with Crippen LogP contribution in [0.15, 0.2) is 68.8 Å². The molecule has 26 heavy (non-hydrogen) atoms. The number of ether oxygens (including phenoxy) is 1. The van der Waals surface area contributed by atoms with Crippen molar-refractivity contribution in [2.75, 3.05) is 6.61 Å². The number of hydrogen-bond acceptors (Lipinski definition) is 5. The summed E-state index contributed by atoms with van der Waals surface area (Å²) in [5.41, 5.74) is 0.909. The molecule has 0 radical (unpaired) electrons. The third-order valence-electron chi connectivity index (χ3n) is 3.85. The van der Waals surface area contributed by atoms with E-state index in [-0.39, 0.29) is 5.82 Å². The fourth-order valence-electron chi connectivity index (χ4n) is 2.81. The number of alkyl halides is 3. The van der Waals surface area contributed by atoms with Crippen molar-refractivity contribution in [2.45, 2.75) is 16.0 Å². The molecule has 1 atom stereocenters. The van der Waals surface area contributed by atoms with Crippen LogP contribution < -0.4 is 5.76 Å². The smallest absolute Gasteiger partial charge is 0.343 e. The molecule has 0 N–H and O–H groups in total. The Kier molecular flexibility index (Phi) is 3.92. The summed E-state index contributed by atoms with van der Waals surface area (Å²) in [4.78, 5) is 11.1. The molecule has 1 aliphatic rings. The number of halogens is 3. The lowest BCUT2D eigenvalue weighted by Gasteiger charge is -2.36. The van der Waals surface area contributed by atoms with Gasteiger partial charge in [0.1, 0.15) is 6.61 Å². The number of nitrogens with zero attached hydrogens (tertiary/aromatic N) is 2. The molecule has 0 saturated carbocycles. The van der Waals surface area contributed by atoms with Gasteiger partial charge in [0.25, 0.3) is 0 Å². The number of hydrogen-bond donors (Lipinski definition) is 0. The van der Waals surface area contributed by atoms with E-state index in [0.717, 1.165) is 16.3 Å². The van der Waals surface area contributed by atoms with E-state index in [4.69, 9.17) is 9.26 Å². The fraction of sp³-hybridized carbons (Fsp3) is 0.176. The summed E-state index contributed by atoms with van der Waals surface area (Å²) in [6.45, 7) is -1.50. The van der Waals surface area contributed by atoms with Gasteiger partial charge in [-0.2, -0.15) is 13.2 Å². The van der Waals surface area contributed by atoms with Crippen LogP contribution in [0.5, 0.6) is 0 Å². The molecule has 1 aromatic heterocycles. The topological polar surface area (TPSA) is 57.3 Å². The molecule has 2 aromatic carbocycles. The van der Waals surface area contributed by atoms with Crippen LogP contribution in [0.2, 0.25) is 0 Å². The number of rotatable bonds is 3. The van der Waals surface area contributed by atoms with Gasteiger partial charge >= 0.3 is 11.9 Å². The van der Waals surface area contributed by atoms with Crippen molar-refractivity contribution in [3.05, 3.63) is 76.5 Å². The zero-order valence-corrected chi connectivity index (χ0v) is 13.9. The van der Waals surface area contributed by atoms with Crippen LogP contribution in [-0.4, -0.2) is 22.5 Å². The van der Waals surface area contributed by atoms with Crippen LogP contribution in [0.25, 0.3) is 5.69 Å². The summed E-state index contributed by atoms with van der Waals surface area (Å²) in [6, 6.07) is 15.2. The number of aromatic nitrogens is 2. The Hall–Kier alpha value is -2.52. The van der Waals surface area contributed by atoms with Crippen molar-refractivity contribution in [3.63, 3.8) is 0 Å². The van der Waals surface area contributed by atoms with E-state index in [1.54, 1.807) is 54.6 Å². The van der Waals surface area contributed by atoms with E-state index >= 15 is 0 Å². The molecule has 0 amide bonds. The van der Waals surface area contributed by atoms with Gasteiger partial charge in [0.2, 0.25) is 10.8 Å². The SMILES string of the molecule is O=c1onc2n1-c1ccccc1SC2(OCC(F)(F)F)c1ccccc1. The van der Waals surface area contributed by atoms with E-state index in [1.165, 1.54) is 0 Å². The molecule has 1 unspecified atom stereocenters. The normalized spacial score (nSPS) is 19.0. The fourth-order valence-corrected chi connectivity index (χ4v) is 4.12. The van der Waals surface area contributed by atoms with E-state index < -0.39 is 23.5 Å². The van der Waals surface area contributed by atoms with Crippen molar-refractivity contribution in [3.8, 4) is 5.69 Å². The molecule has 0 saturated heterocycles. The summed E-state index contributed by atoms with van der Waals surface area (Å²) in [7, 11) is 0. The first-order chi connectivity index (χ1) is 12.4. The lowest BCUT2D eigenvalue weighted by Crippen LogP contribution is -2.38. The maximum absolute atomic E-state index is 12.9. The first-order valence-electron chi connectivity index (χ1n) is 7.54. The standard InChI is InChI=1S/C17H11F3N2O3S/c18-16(19,20)10-24-17(11-6-2-1-3-7-11)14-21-25-15(23)22(14)12-8-4-5-9-13(12)26-17/h1-9H,10H2. The number of thioether (sulfide) groups is 1. The highest BCUT2D eigenvalue weighted by Crippen LogP contribution is 2.52. The van der Waals surface area contributed by atoms with Crippen molar-refractivity contribution < 1.29 is 22.4 Å². The summed E-state index contributed by atoms with van der Waals surface area (Å²) >= 11 is 1.05. The number of fused-ring (bicyclic) bond motifs is 3. The molecule has 4 rings (SSSR count). The Bertz CT molecular complexity index is 1000. The van der Waals surface area contributed by atoms with Gasteiger partial charge in [-0.25, -0.2) is 9.36 Å². The highest BCUT2D eigenvalue weighted by atomic mass is 32.2. The molecular formula is C17H11F3N2O3S. The van der Waals surface area contributed by atoms with Gasteiger partial charge in [0.15, 0.2) is 0 Å². The average Bonchev–Trinajstić information content (AvgIpc) is 3.02. The molecule has 0 bridgehead atoms. The minimum Gasteiger partial charge on any atom is -0.343 e. The zero-order chi connectivity index (χ0) is 18.4. The molecule has 0 aliphatic carbocycles. The summed E-state index contributed by atoms with van der Waals surface area (Å²) in [6.07, 6.45) is -4.55. The average molecular weight is 380 g/mol. The molecular weight excluding hydrogens is 369 g/mol. The molecule has 134 valence electrons. The van der Waals surface area contributed by atoms with Gasteiger partial charge in [-0.15, -0.1) is 0 Å². The Labute approximate surface area is 149 Å². The Morgan fingerprint density at radius 2 is 1.81 bits per heavy atom. The van der Waals surface area contributed by atoms with Gasteiger partial charge in [-0.3, -0.25) is 4.52 Å². The number of benzene rings is 2. The number of para-hydroxylation sites is 1. The first-order valence-corrected chi connectivity index (χ1v) is 8.36. The largest absolute Gasteiger partial charge is 0.446 e. The Morgan fingerprint density at radius 1 is 1.12 bits per heavy atom. The minimum atomic E-state index is -4.55. The highest BCUT2D eigenvalue weighted by molar-refractivity contribution is 8.00. The molecule has 1 aliphatic heterocycles. The highest BCUT2D eigenvalue weighted by Gasteiger charge is 2.49. The predicted molar refractivity (Wildman–Crippen MR) is 87.2 cm³/mol. The summed E-state index contributed by atoms with van der Waals surface area (Å²) in [5, 5.41) is 3.75. The van der Waals surface area contributed by atoms with Gasteiger partial charge < -0.3 is 4.74 Å². The predicted octanol–water partition coefficient (Wildman–Crippen LogP) is 3.71.